The van der Waals surface area contributed by atoms with Gasteiger partial charge in [0.05, 0.1) is 5.54 Å². The van der Waals surface area contributed by atoms with Crippen LogP contribution in [0.15, 0.2) is 0 Å². The van der Waals surface area contributed by atoms with Gasteiger partial charge in [0, 0.05) is 19.1 Å². The van der Waals surface area contributed by atoms with E-state index in [0.717, 1.165) is 45.4 Å². The van der Waals surface area contributed by atoms with E-state index < -0.39 is 0 Å². The normalized spacial score (nSPS) is 34.1. The second kappa shape index (κ2) is 6.23. The highest BCUT2D eigenvalue weighted by molar-refractivity contribution is 5.86. The summed E-state index contributed by atoms with van der Waals surface area (Å²) in [5.41, 5.74) is -0.325. The van der Waals surface area contributed by atoms with Crippen molar-refractivity contribution in [1.29, 1.82) is 0 Å². The molecule has 4 heteroatoms. The van der Waals surface area contributed by atoms with E-state index >= 15 is 0 Å². The van der Waals surface area contributed by atoms with Crippen LogP contribution >= 0.6 is 0 Å². The summed E-state index contributed by atoms with van der Waals surface area (Å²) in [5.74, 6) is 0.328. The molecule has 4 nitrogen and oxygen atoms in total. The second-order valence-electron chi connectivity index (χ2n) is 6.39. The lowest BCUT2D eigenvalue weighted by Gasteiger charge is -2.40. The largest absolute Gasteiger partial charge is 0.337 e. The van der Waals surface area contributed by atoms with Crippen LogP contribution < -0.4 is 5.32 Å². The minimum absolute atomic E-state index is 0.325. The Morgan fingerprint density at radius 1 is 1.32 bits per heavy atom. The fourth-order valence-corrected chi connectivity index (χ4v) is 3.42. The standard InChI is InChI=1S/C15H29N3O/c1-4-13-12-17(3)10-7-11-18(13)14(19)15(2)8-5-6-9-16-15/h13,16H,4-12H2,1-3H3. The predicted octanol–water partition coefficient (Wildman–Crippen LogP) is 1.46. The number of carbonyl (C=O) groups is 1. The number of nitrogens with one attached hydrogen (secondary N) is 1. The van der Waals surface area contributed by atoms with Crippen molar-refractivity contribution in [2.45, 2.75) is 57.5 Å². The molecule has 0 bridgehead atoms. The highest BCUT2D eigenvalue weighted by Crippen LogP contribution is 2.24. The lowest BCUT2D eigenvalue weighted by atomic mass is 9.89. The summed E-state index contributed by atoms with van der Waals surface area (Å²) in [6.45, 7) is 8.30. The number of hydrogen-bond donors (Lipinski definition) is 1. The van der Waals surface area contributed by atoms with E-state index in [1.54, 1.807) is 0 Å². The first-order chi connectivity index (χ1) is 9.07. The fourth-order valence-electron chi connectivity index (χ4n) is 3.42. The Labute approximate surface area is 117 Å². The Morgan fingerprint density at radius 2 is 2.11 bits per heavy atom. The van der Waals surface area contributed by atoms with Gasteiger partial charge in [-0.1, -0.05) is 6.92 Å². The number of nitrogens with zero attached hydrogens (tertiary/aromatic N) is 2. The third kappa shape index (κ3) is 3.29. The van der Waals surface area contributed by atoms with Crippen molar-refractivity contribution < 1.29 is 4.79 Å². The number of piperidine rings is 1. The van der Waals surface area contributed by atoms with Gasteiger partial charge < -0.3 is 15.1 Å². The molecule has 2 atom stereocenters. The molecule has 110 valence electrons. The maximum atomic E-state index is 12.9. The molecule has 2 saturated heterocycles. The number of amides is 1. The van der Waals surface area contributed by atoms with Crippen molar-refractivity contribution >= 4 is 5.91 Å². The van der Waals surface area contributed by atoms with E-state index in [4.69, 9.17) is 0 Å². The Bertz CT molecular complexity index is 313. The first-order valence-electron chi connectivity index (χ1n) is 7.81. The zero-order valence-corrected chi connectivity index (χ0v) is 12.7. The van der Waals surface area contributed by atoms with Gasteiger partial charge >= 0.3 is 0 Å². The van der Waals surface area contributed by atoms with Crippen molar-refractivity contribution in [1.82, 2.24) is 15.1 Å². The summed E-state index contributed by atoms with van der Waals surface area (Å²) in [7, 11) is 2.16. The van der Waals surface area contributed by atoms with Crippen LogP contribution in [0.25, 0.3) is 0 Å². The molecular formula is C15H29N3O. The maximum Gasteiger partial charge on any atom is 0.242 e. The predicted molar refractivity (Wildman–Crippen MR) is 78.2 cm³/mol. The van der Waals surface area contributed by atoms with Gasteiger partial charge in [0.15, 0.2) is 0 Å². The molecule has 2 rings (SSSR count). The van der Waals surface area contributed by atoms with E-state index in [9.17, 15) is 4.79 Å². The van der Waals surface area contributed by atoms with E-state index in [0.29, 0.717) is 11.9 Å². The number of likely N-dealkylation sites (N-methyl/N-ethyl adjacent to an activating group) is 1. The van der Waals surface area contributed by atoms with Crippen LogP contribution in [-0.4, -0.2) is 60.5 Å². The SMILES string of the molecule is CCC1CN(C)CCCN1C(=O)C1(C)CCCCN1. The van der Waals surface area contributed by atoms with E-state index in [2.05, 4.69) is 36.0 Å². The molecule has 0 saturated carbocycles. The minimum atomic E-state index is -0.325. The van der Waals surface area contributed by atoms with Gasteiger partial charge in [0.2, 0.25) is 5.91 Å². The summed E-state index contributed by atoms with van der Waals surface area (Å²) in [6.07, 6.45) is 5.48. The highest BCUT2D eigenvalue weighted by atomic mass is 16.2. The number of rotatable bonds is 2. The van der Waals surface area contributed by atoms with Crippen molar-refractivity contribution in [3.05, 3.63) is 0 Å². The van der Waals surface area contributed by atoms with Gasteiger partial charge in [-0.2, -0.15) is 0 Å². The molecule has 2 heterocycles. The molecular weight excluding hydrogens is 238 g/mol. The fraction of sp³-hybridized carbons (Fsp3) is 0.933. The van der Waals surface area contributed by atoms with Crippen LogP contribution in [0.3, 0.4) is 0 Å². The Balaban J connectivity index is 2.10. The Morgan fingerprint density at radius 3 is 2.74 bits per heavy atom. The Hall–Kier alpha value is -0.610. The third-order valence-corrected chi connectivity index (χ3v) is 4.72. The van der Waals surface area contributed by atoms with Crippen molar-refractivity contribution in [2.24, 2.45) is 0 Å². The zero-order valence-electron chi connectivity index (χ0n) is 12.7. The maximum absolute atomic E-state index is 12.9. The molecule has 0 spiro atoms. The summed E-state index contributed by atoms with van der Waals surface area (Å²) in [5, 5.41) is 3.46. The Kier molecular flexibility index (Phi) is 4.85. The lowest BCUT2D eigenvalue weighted by molar-refractivity contribution is -0.141. The van der Waals surface area contributed by atoms with Gasteiger partial charge in [-0.3, -0.25) is 4.79 Å². The lowest BCUT2D eigenvalue weighted by Crippen LogP contribution is -2.60. The van der Waals surface area contributed by atoms with Crippen LogP contribution in [-0.2, 0) is 4.79 Å². The first kappa shape index (κ1) is 14.8. The molecule has 2 aliphatic heterocycles. The number of hydrogen-bond acceptors (Lipinski definition) is 3. The van der Waals surface area contributed by atoms with Crippen molar-refractivity contribution in [3.8, 4) is 0 Å². The van der Waals surface area contributed by atoms with Crippen LogP contribution in [0.5, 0.6) is 0 Å². The van der Waals surface area contributed by atoms with E-state index in [1.807, 2.05) is 0 Å². The molecule has 1 N–H and O–H groups in total. The minimum Gasteiger partial charge on any atom is -0.337 e. The molecule has 0 aromatic heterocycles. The average molecular weight is 267 g/mol. The monoisotopic (exact) mass is 267 g/mol. The van der Waals surface area contributed by atoms with Crippen LogP contribution in [0.2, 0.25) is 0 Å². The summed E-state index contributed by atoms with van der Waals surface area (Å²) in [4.78, 5) is 17.5. The molecule has 0 radical (unpaired) electrons. The third-order valence-electron chi connectivity index (χ3n) is 4.72. The summed E-state index contributed by atoms with van der Waals surface area (Å²) in [6, 6.07) is 0.376. The van der Waals surface area contributed by atoms with Gasteiger partial charge in [-0.15, -0.1) is 0 Å². The first-order valence-corrected chi connectivity index (χ1v) is 7.81. The second-order valence-corrected chi connectivity index (χ2v) is 6.39. The molecule has 19 heavy (non-hydrogen) atoms. The van der Waals surface area contributed by atoms with Crippen LogP contribution in [0, 0.1) is 0 Å². The molecule has 0 aliphatic carbocycles. The molecule has 1 amide bonds. The molecule has 2 fully saturated rings. The zero-order chi connectivity index (χ0) is 13.9. The van der Waals surface area contributed by atoms with Crippen LogP contribution in [0.4, 0.5) is 0 Å². The van der Waals surface area contributed by atoms with Gasteiger partial charge in [-0.05, 0) is 59.2 Å². The summed E-state index contributed by atoms with van der Waals surface area (Å²) < 4.78 is 0. The van der Waals surface area contributed by atoms with Crippen molar-refractivity contribution in [3.63, 3.8) is 0 Å². The molecule has 0 aromatic carbocycles. The quantitative estimate of drug-likeness (QED) is 0.823. The molecule has 0 aromatic rings. The van der Waals surface area contributed by atoms with E-state index in [-0.39, 0.29) is 5.54 Å². The molecule has 2 unspecified atom stereocenters. The van der Waals surface area contributed by atoms with Gasteiger partial charge in [-0.25, -0.2) is 0 Å². The smallest absolute Gasteiger partial charge is 0.242 e. The van der Waals surface area contributed by atoms with Crippen LogP contribution in [0.1, 0.15) is 46.0 Å². The average Bonchev–Trinajstić information content (AvgIpc) is 2.60. The highest BCUT2D eigenvalue weighted by Gasteiger charge is 2.39. The number of carbonyl (C=O) groups excluding carboxylic acids is 1. The van der Waals surface area contributed by atoms with Crippen molar-refractivity contribution in [2.75, 3.05) is 33.2 Å². The van der Waals surface area contributed by atoms with E-state index in [1.165, 1.54) is 12.8 Å². The van der Waals surface area contributed by atoms with Gasteiger partial charge in [0.25, 0.3) is 0 Å². The summed E-state index contributed by atoms with van der Waals surface area (Å²) >= 11 is 0. The topological polar surface area (TPSA) is 35.6 Å². The molecule has 2 aliphatic rings. The van der Waals surface area contributed by atoms with Gasteiger partial charge in [0.1, 0.15) is 0 Å².